The second kappa shape index (κ2) is 18.1. The number of hydrogen-bond donors (Lipinski definition) is 3. The predicted molar refractivity (Wildman–Crippen MR) is 154 cm³/mol. The molecule has 0 aliphatic carbocycles. The number of alkyl halides is 3. The van der Waals surface area contributed by atoms with Crippen LogP contribution in [0.15, 0.2) is 72.8 Å². The minimum Gasteiger partial charge on any atom is -0.493 e. The smallest absolute Gasteiger partial charge is 0.493 e. The third kappa shape index (κ3) is 13.2. The Labute approximate surface area is 236 Å². The Morgan fingerprint density at radius 1 is 0.850 bits per heavy atom. The zero-order valence-corrected chi connectivity index (χ0v) is 23.6. The van der Waals surface area contributed by atoms with Gasteiger partial charge < -0.3 is 30.6 Å². The summed E-state index contributed by atoms with van der Waals surface area (Å²) >= 11 is 0. The van der Waals surface area contributed by atoms with E-state index in [1.807, 2.05) is 19.2 Å². The molecule has 0 aromatic heterocycles. The number of methoxy groups -OCH3 is 2. The molecule has 4 N–H and O–H groups in total. The maximum atomic E-state index is 11.7. The number of hydrogen-bond acceptors (Lipinski definition) is 6. The molecule has 0 spiro atoms. The SMILES string of the molecule is CNCCc1ccc(OC)c(OC)c1.NCc1ccc(OC(F)(F)F)cc1.c1ccc(CC2CCNCC2)cc1. The van der Waals surface area contributed by atoms with Crippen LogP contribution in [-0.2, 0) is 19.4 Å². The maximum absolute atomic E-state index is 11.7. The van der Waals surface area contributed by atoms with Crippen molar-refractivity contribution in [1.82, 2.24) is 10.6 Å². The van der Waals surface area contributed by atoms with Crippen molar-refractivity contribution >= 4 is 0 Å². The Bertz CT molecular complexity index is 1070. The number of piperidine rings is 1. The van der Waals surface area contributed by atoms with E-state index in [0.717, 1.165) is 35.9 Å². The zero-order valence-electron chi connectivity index (χ0n) is 23.6. The third-order valence-corrected chi connectivity index (χ3v) is 6.33. The van der Waals surface area contributed by atoms with Gasteiger partial charge in [-0.2, -0.15) is 0 Å². The fourth-order valence-corrected chi connectivity index (χ4v) is 4.17. The molecule has 0 radical (unpaired) electrons. The van der Waals surface area contributed by atoms with Crippen molar-refractivity contribution in [3.8, 4) is 17.2 Å². The highest BCUT2D eigenvalue weighted by Gasteiger charge is 2.30. The quantitative estimate of drug-likeness (QED) is 0.309. The van der Waals surface area contributed by atoms with E-state index in [0.29, 0.717) is 6.54 Å². The fourth-order valence-electron chi connectivity index (χ4n) is 4.17. The molecule has 220 valence electrons. The molecule has 3 aromatic carbocycles. The number of nitrogens with two attached hydrogens (primary N) is 1. The van der Waals surface area contributed by atoms with Gasteiger partial charge in [-0.15, -0.1) is 13.2 Å². The number of rotatable bonds is 9. The summed E-state index contributed by atoms with van der Waals surface area (Å²) in [6.45, 7) is 3.68. The molecule has 1 aliphatic rings. The molecule has 0 saturated carbocycles. The van der Waals surface area contributed by atoms with E-state index in [1.54, 1.807) is 14.2 Å². The average Bonchev–Trinajstić information content (AvgIpc) is 2.97. The van der Waals surface area contributed by atoms with E-state index in [9.17, 15) is 13.2 Å². The van der Waals surface area contributed by atoms with Crippen molar-refractivity contribution in [2.45, 2.75) is 38.6 Å². The standard InChI is InChI=1S/C12H17N.C11H17NO2.C8H8F3NO/c1-2-4-11(5-3-1)10-12-6-8-13-9-7-12;1-12-7-6-9-4-5-10(13-2)11(8-9)14-3;9-8(10,11)13-7-3-1-6(5-12)2-4-7/h1-5,12-13H,6-10H2;4-5,8,12H,6-7H2,1-3H3;1-4H,5,12H2. The molecule has 3 aromatic rings. The highest BCUT2D eigenvalue weighted by molar-refractivity contribution is 5.42. The van der Waals surface area contributed by atoms with E-state index in [4.69, 9.17) is 15.2 Å². The van der Waals surface area contributed by atoms with Crippen LogP contribution in [0.25, 0.3) is 0 Å². The summed E-state index contributed by atoms with van der Waals surface area (Å²) in [6, 6.07) is 22.3. The Hall–Kier alpha value is -3.27. The fraction of sp³-hybridized carbons (Fsp3) is 0.419. The van der Waals surface area contributed by atoms with E-state index >= 15 is 0 Å². The first-order valence-electron chi connectivity index (χ1n) is 13.4. The van der Waals surface area contributed by atoms with Gasteiger partial charge in [0.25, 0.3) is 0 Å². The highest BCUT2D eigenvalue weighted by atomic mass is 19.4. The summed E-state index contributed by atoms with van der Waals surface area (Å²) in [7, 11) is 5.24. The van der Waals surface area contributed by atoms with Gasteiger partial charge in [0.15, 0.2) is 11.5 Å². The van der Waals surface area contributed by atoms with Crippen molar-refractivity contribution in [2.24, 2.45) is 11.7 Å². The minimum atomic E-state index is -4.63. The Morgan fingerprint density at radius 2 is 1.48 bits per heavy atom. The lowest BCUT2D eigenvalue weighted by Crippen LogP contribution is -2.28. The third-order valence-electron chi connectivity index (χ3n) is 6.33. The van der Waals surface area contributed by atoms with Gasteiger partial charge in [0.1, 0.15) is 5.75 Å². The molecule has 1 fully saturated rings. The second-order valence-electron chi connectivity index (χ2n) is 9.32. The average molecular weight is 562 g/mol. The largest absolute Gasteiger partial charge is 0.573 e. The van der Waals surface area contributed by atoms with Crippen LogP contribution in [0.5, 0.6) is 17.2 Å². The van der Waals surface area contributed by atoms with Crippen molar-refractivity contribution in [3.63, 3.8) is 0 Å². The topological polar surface area (TPSA) is 77.8 Å². The first-order valence-corrected chi connectivity index (χ1v) is 13.4. The summed E-state index contributed by atoms with van der Waals surface area (Å²) in [6.07, 6.45) is 0.313. The molecular formula is C31H42F3N3O3. The Balaban J connectivity index is 0.000000210. The lowest BCUT2D eigenvalue weighted by molar-refractivity contribution is -0.274. The van der Waals surface area contributed by atoms with Crippen LogP contribution in [0.4, 0.5) is 13.2 Å². The number of ether oxygens (including phenoxy) is 3. The molecule has 1 aliphatic heterocycles. The van der Waals surface area contributed by atoms with Crippen LogP contribution in [0.1, 0.15) is 29.5 Å². The Morgan fingerprint density at radius 3 is 2.02 bits per heavy atom. The van der Waals surface area contributed by atoms with Gasteiger partial charge in [0.2, 0.25) is 0 Å². The van der Waals surface area contributed by atoms with Gasteiger partial charge in [0, 0.05) is 6.54 Å². The van der Waals surface area contributed by atoms with E-state index in [-0.39, 0.29) is 5.75 Å². The molecule has 0 atom stereocenters. The maximum Gasteiger partial charge on any atom is 0.573 e. The van der Waals surface area contributed by atoms with Crippen molar-refractivity contribution < 1.29 is 27.4 Å². The van der Waals surface area contributed by atoms with Crippen molar-refractivity contribution in [3.05, 3.63) is 89.5 Å². The van der Waals surface area contributed by atoms with Crippen LogP contribution in [0.2, 0.25) is 0 Å². The van der Waals surface area contributed by atoms with E-state index in [2.05, 4.69) is 51.8 Å². The summed E-state index contributed by atoms with van der Waals surface area (Å²) < 4.78 is 49.1. The highest BCUT2D eigenvalue weighted by Crippen LogP contribution is 2.27. The lowest BCUT2D eigenvalue weighted by atomic mass is 9.91. The summed E-state index contributed by atoms with van der Waals surface area (Å²) in [4.78, 5) is 0. The number of nitrogens with one attached hydrogen (secondary N) is 2. The minimum absolute atomic E-state index is 0.232. The van der Waals surface area contributed by atoms with Gasteiger partial charge in [0.05, 0.1) is 14.2 Å². The van der Waals surface area contributed by atoms with Crippen LogP contribution >= 0.6 is 0 Å². The first-order chi connectivity index (χ1) is 19.3. The molecule has 9 heteroatoms. The molecule has 4 rings (SSSR count). The molecule has 1 heterocycles. The predicted octanol–water partition coefficient (Wildman–Crippen LogP) is 5.74. The van der Waals surface area contributed by atoms with Crippen LogP contribution in [0.3, 0.4) is 0 Å². The zero-order chi connectivity index (χ0) is 29.2. The van der Waals surface area contributed by atoms with Crippen LogP contribution in [0, 0.1) is 5.92 Å². The molecule has 40 heavy (non-hydrogen) atoms. The van der Waals surface area contributed by atoms with Crippen LogP contribution < -0.4 is 30.6 Å². The number of likely N-dealkylation sites (N-methyl/N-ethyl adjacent to an activating group) is 1. The van der Waals surface area contributed by atoms with Gasteiger partial charge in [-0.3, -0.25) is 0 Å². The molecule has 0 amide bonds. The van der Waals surface area contributed by atoms with Gasteiger partial charge in [-0.05, 0) is 99.2 Å². The van der Waals surface area contributed by atoms with Gasteiger partial charge in [-0.1, -0.05) is 48.5 Å². The van der Waals surface area contributed by atoms with Gasteiger partial charge in [-0.25, -0.2) is 0 Å². The monoisotopic (exact) mass is 561 g/mol. The number of benzene rings is 3. The van der Waals surface area contributed by atoms with E-state index < -0.39 is 6.36 Å². The molecule has 0 bridgehead atoms. The van der Waals surface area contributed by atoms with Crippen molar-refractivity contribution in [1.29, 1.82) is 0 Å². The van der Waals surface area contributed by atoms with E-state index in [1.165, 1.54) is 67.7 Å². The normalized spacial score (nSPS) is 13.3. The lowest BCUT2D eigenvalue weighted by Gasteiger charge is -2.22. The van der Waals surface area contributed by atoms with Crippen LogP contribution in [-0.4, -0.2) is 47.3 Å². The molecule has 6 nitrogen and oxygen atoms in total. The molecular weight excluding hydrogens is 519 g/mol. The van der Waals surface area contributed by atoms with Crippen molar-refractivity contribution in [2.75, 3.05) is 40.9 Å². The summed E-state index contributed by atoms with van der Waals surface area (Å²) in [5.41, 5.74) is 8.76. The number of halogens is 3. The molecule has 1 saturated heterocycles. The van der Waals surface area contributed by atoms with Gasteiger partial charge >= 0.3 is 6.36 Å². The summed E-state index contributed by atoms with van der Waals surface area (Å²) in [5.74, 6) is 2.25. The molecule has 0 unspecified atom stereocenters. The second-order valence-corrected chi connectivity index (χ2v) is 9.32. The summed E-state index contributed by atoms with van der Waals surface area (Å²) in [5, 5.41) is 6.51. The first kappa shape index (κ1) is 32.9. The Kier molecular flexibility index (Phi) is 14.9.